The fourth-order valence-corrected chi connectivity index (χ4v) is 5.28. The lowest BCUT2D eigenvalue weighted by Gasteiger charge is -2.30. The third-order valence-corrected chi connectivity index (χ3v) is 7.05. The first kappa shape index (κ1) is 26.3. The van der Waals surface area contributed by atoms with Gasteiger partial charge in [-0.15, -0.1) is 6.58 Å². The predicted molar refractivity (Wildman–Crippen MR) is 140 cm³/mol. The summed E-state index contributed by atoms with van der Waals surface area (Å²) in [6.45, 7) is 14.3. The van der Waals surface area contributed by atoms with E-state index in [1.165, 1.54) is 0 Å². The minimum Gasteiger partial charge on any atom is -0.444 e. The Bertz CT molecular complexity index is 1170. The van der Waals surface area contributed by atoms with Gasteiger partial charge in [-0.05, 0) is 73.3 Å². The minimum absolute atomic E-state index is 0.0600. The lowest BCUT2D eigenvalue weighted by atomic mass is 9.94. The van der Waals surface area contributed by atoms with E-state index in [-0.39, 0.29) is 23.7 Å². The smallest absolute Gasteiger partial charge is 0.411 e. The monoisotopic (exact) mass is 556 g/mol. The molecule has 0 N–H and O–H groups in total. The molecule has 2 aliphatic rings. The van der Waals surface area contributed by atoms with Crippen LogP contribution in [0.2, 0.25) is 0 Å². The molecule has 1 amide bonds. The number of Topliss-reactive ketones (excluding diaryl/α,β-unsaturated/α-hetero) is 1. The van der Waals surface area contributed by atoms with Crippen LogP contribution < -0.4 is 0 Å². The Labute approximate surface area is 220 Å². The standard InChI is InChI=1S/C27H33BrN4O4/c1-6-12-35-16-18-8-9-24(28)29-20(18)13-22(33)21-14-27(17-31-11-10-19(7-2)30-31)15-23(27)32(21)25(34)36-26(3,4)5/h6-11,21,23H,1-2,12-17H2,3-5H3/t21-,23+,27-/m0/s1. The topological polar surface area (TPSA) is 86.5 Å². The number of amides is 1. The van der Waals surface area contributed by atoms with Crippen molar-refractivity contribution in [2.24, 2.45) is 5.41 Å². The summed E-state index contributed by atoms with van der Waals surface area (Å²) in [4.78, 5) is 33.2. The number of ether oxygens (including phenoxy) is 2. The summed E-state index contributed by atoms with van der Waals surface area (Å²) in [5.41, 5.74) is 1.41. The zero-order chi connectivity index (χ0) is 26.1. The highest BCUT2D eigenvalue weighted by Crippen LogP contribution is 2.61. The molecule has 4 rings (SSSR count). The van der Waals surface area contributed by atoms with Crippen molar-refractivity contribution in [3.8, 4) is 0 Å². The van der Waals surface area contributed by atoms with Gasteiger partial charge in [0.1, 0.15) is 10.2 Å². The van der Waals surface area contributed by atoms with Crippen LogP contribution in [0.4, 0.5) is 4.79 Å². The Hall–Kier alpha value is -2.78. The van der Waals surface area contributed by atoms with Crippen LogP contribution in [0.3, 0.4) is 0 Å². The van der Waals surface area contributed by atoms with Crippen molar-refractivity contribution in [1.82, 2.24) is 19.7 Å². The molecule has 2 aromatic heterocycles. The number of rotatable bonds is 10. The number of nitrogens with zero attached hydrogens (tertiary/aromatic N) is 4. The molecule has 1 saturated carbocycles. The fraction of sp³-hybridized carbons (Fsp3) is 0.481. The van der Waals surface area contributed by atoms with E-state index in [1.807, 2.05) is 49.8 Å². The molecular formula is C27H33BrN4O4. The molecule has 36 heavy (non-hydrogen) atoms. The van der Waals surface area contributed by atoms with Crippen LogP contribution in [-0.2, 0) is 33.8 Å². The average Bonchev–Trinajstić information content (AvgIpc) is 3.13. The molecule has 9 heteroatoms. The van der Waals surface area contributed by atoms with Crippen molar-refractivity contribution in [1.29, 1.82) is 0 Å². The number of hydrogen-bond acceptors (Lipinski definition) is 6. The molecule has 0 spiro atoms. The van der Waals surface area contributed by atoms with Crippen LogP contribution in [0.25, 0.3) is 6.08 Å². The number of fused-ring (bicyclic) bond motifs is 1. The molecule has 2 fully saturated rings. The fourth-order valence-electron chi connectivity index (χ4n) is 4.93. The first-order valence-electron chi connectivity index (χ1n) is 12.1. The highest BCUT2D eigenvalue weighted by atomic mass is 79.9. The average molecular weight is 557 g/mol. The minimum atomic E-state index is -0.660. The molecule has 1 aliphatic carbocycles. The maximum absolute atomic E-state index is 13.7. The molecule has 8 nitrogen and oxygen atoms in total. The van der Waals surface area contributed by atoms with Gasteiger partial charge in [-0.1, -0.05) is 18.7 Å². The van der Waals surface area contributed by atoms with Gasteiger partial charge >= 0.3 is 6.09 Å². The predicted octanol–water partition coefficient (Wildman–Crippen LogP) is 4.97. The lowest BCUT2D eigenvalue weighted by Crippen LogP contribution is -2.46. The number of hydrogen-bond donors (Lipinski definition) is 0. The van der Waals surface area contributed by atoms with Crippen LogP contribution in [0.5, 0.6) is 0 Å². The van der Waals surface area contributed by atoms with Gasteiger partial charge in [0, 0.05) is 24.2 Å². The van der Waals surface area contributed by atoms with E-state index in [2.05, 4.69) is 39.2 Å². The van der Waals surface area contributed by atoms with Crippen LogP contribution in [-0.4, -0.2) is 55.8 Å². The Morgan fingerprint density at radius 3 is 2.69 bits per heavy atom. The van der Waals surface area contributed by atoms with Crippen molar-refractivity contribution >= 4 is 33.9 Å². The van der Waals surface area contributed by atoms with Crippen LogP contribution >= 0.6 is 15.9 Å². The van der Waals surface area contributed by atoms with Gasteiger partial charge in [0.2, 0.25) is 0 Å². The Morgan fingerprint density at radius 2 is 2.03 bits per heavy atom. The van der Waals surface area contributed by atoms with Gasteiger partial charge in [-0.25, -0.2) is 9.78 Å². The summed E-state index contributed by atoms with van der Waals surface area (Å²) in [5, 5.41) is 4.53. The number of piperidine rings is 1. The van der Waals surface area contributed by atoms with Gasteiger partial charge in [0.05, 0.1) is 37.1 Å². The summed E-state index contributed by atoms with van der Waals surface area (Å²) in [7, 11) is 0. The molecule has 3 atom stereocenters. The van der Waals surface area contributed by atoms with Crippen molar-refractivity contribution in [2.75, 3.05) is 6.61 Å². The Balaban J connectivity index is 1.57. The number of carbonyl (C=O) groups is 2. The normalized spacial score (nSPS) is 22.7. The maximum Gasteiger partial charge on any atom is 0.411 e. The number of halogens is 1. The van der Waals surface area contributed by atoms with E-state index >= 15 is 0 Å². The number of pyridine rings is 1. The number of aromatic nitrogens is 3. The summed E-state index contributed by atoms with van der Waals surface area (Å²) >= 11 is 3.41. The van der Waals surface area contributed by atoms with E-state index in [9.17, 15) is 9.59 Å². The molecule has 3 heterocycles. The largest absolute Gasteiger partial charge is 0.444 e. The SMILES string of the molecule is C=CCOCc1ccc(Br)nc1CC(=O)[C@@H]1C[C@@]2(Cn3ccc(C=C)n3)C[C@H]2N1C(=O)OC(C)(C)C. The molecule has 1 aliphatic heterocycles. The summed E-state index contributed by atoms with van der Waals surface area (Å²) in [6.07, 6.45) is 6.32. The van der Waals surface area contributed by atoms with Crippen molar-refractivity contribution in [2.45, 2.75) is 70.9 Å². The first-order chi connectivity index (χ1) is 17.0. The lowest BCUT2D eigenvalue weighted by molar-refractivity contribution is -0.123. The van der Waals surface area contributed by atoms with E-state index in [1.54, 1.807) is 17.1 Å². The van der Waals surface area contributed by atoms with E-state index < -0.39 is 17.7 Å². The van der Waals surface area contributed by atoms with Gasteiger partial charge < -0.3 is 9.47 Å². The zero-order valence-corrected chi connectivity index (χ0v) is 22.7. The molecule has 2 aromatic rings. The quantitative estimate of drug-likeness (QED) is 0.233. The zero-order valence-electron chi connectivity index (χ0n) is 21.1. The van der Waals surface area contributed by atoms with Crippen LogP contribution in [0, 0.1) is 5.41 Å². The van der Waals surface area contributed by atoms with Crippen molar-refractivity contribution < 1.29 is 19.1 Å². The molecular weight excluding hydrogens is 524 g/mol. The summed E-state index contributed by atoms with van der Waals surface area (Å²) in [5.74, 6) is -0.0600. The van der Waals surface area contributed by atoms with Gasteiger partial charge in [-0.2, -0.15) is 5.10 Å². The van der Waals surface area contributed by atoms with Gasteiger partial charge in [0.25, 0.3) is 0 Å². The second kappa shape index (κ2) is 10.3. The maximum atomic E-state index is 13.7. The number of ketones is 1. The second-order valence-electron chi connectivity index (χ2n) is 10.5. The van der Waals surface area contributed by atoms with Crippen LogP contribution in [0.15, 0.2) is 48.2 Å². The molecule has 0 bridgehead atoms. The van der Waals surface area contributed by atoms with Crippen molar-refractivity contribution in [3.05, 3.63) is 65.2 Å². The third-order valence-electron chi connectivity index (χ3n) is 6.61. The van der Waals surface area contributed by atoms with E-state index in [4.69, 9.17) is 9.47 Å². The van der Waals surface area contributed by atoms with Gasteiger partial charge in [0.15, 0.2) is 5.78 Å². The first-order valence-corrected chi connectivity index (χ1v) is 12.9. The Morgan fingerprint density at radius 1 is 1.25 bits per heavy atom. The highest BCUT2D eigenvalue weighted by molar-refractivity contribution is 9.10. The third kappa shape index (κ3) is 5.78. The Kier molecular flexibility index (Phi) is 7.52. The second-order valence-corrected chi connectivity index (χ2v) is 11.3. The summed E-state index contributed by atoms with van der Waals surface area (Å²) in [6, 6.07) is 4.98. The van der Waals surface area contributed by atoms with Crippen LogP contribution in [0.1, 0.15) is 50.6 Å². The van der Waals surface area contributed by atoms with Gasteiger partial charge in [-0.3, -0.25) is 14.4 Å². The number of carbonyl (C=O) groups excluding carboxylic acids is 2. The molecule has 0 radical (unpaired) electrons. The molecule has 0 aromatic carbocycles. The summed E-state index contributed by atoms with van der Waals surface area (Å²) < 4.78 is 13.8. The van der Waals surface area contributed by atoms with E-state index in [0.717, 1.165) is 17.7 Å². The van der Waals surface area contributed by atoms with Crippen molar-refractivity contribution in [3.63, 3.8) is 0 Å². The highest BCUT2D eigenvalue weighted by Gasteiger charge is 2.67. The molecule has 0 unspecified atom stereocenters. The molecule has 1 saturated heterocycles. The molecule has 192 valence electrons. The number of likely N-dealkylation sites (tertiary alicyclic amines) is 1. The van der Waals surface area contributed by atoms with E-state index in [0.29, 0.717) is 36.5 Å².